The minimum absolute atomic E-state index is 0.0299. The van der Waals surface area contributed by atoms with Crippen LogP contribution < -0.4 is 5.73 Å². The van der Waals surface area contributed by atoms with Gasteiger partial charge >= 0.3 is 0 Å². The summed E-state index contributed by atoms with van der Waals surface area (Å²) in [6.07, 6.45) is 5.05. The first-order chi connectivity index (χ1) is 13.8. The van der Waals surface area contributed by atoms with Crippen molar-refractivity contribution >= 4 is 35.0 Å². The minimum atomic E-state index is -0.199. The van der Waals surface area contributed by atoms with Crippen LogP contribution in [0.15, 0.2) is 22.2 Å². The third-order valence-electron chi connectivity index (χ3n) is 5.48. The van der Waals surface area contributed by atoms with Gasteiger partial charge in [-0.15, -0.1) is 0 Å². The van der Waals surface area contributed by atoms with Gasteiger partial charge in [0.15, 0.2) is 0 Å². The number of likely N-dealkylation sites (N-methyl/N-ethyl adjacent to an activating group) is 1. The van der Waals surface area contributed by atoms with Gasteiger partial charge in [-0.05, 0) is 37.0 Å². The molecule has 0 radical (unpaired) electrons. The molecule has 3 rings (SSSR count). The Hall–Kier alpha value is -1.89. The molecule has 2 amide bonds. The summed E-state index contributed by atoms with van der Waals surface area (Å²) in [5.74, 6) is -0.480. The third kappa shape index (κ3) is 4.20. The lowest BCUT2D eigenvalue weighted by molar-refractivity contribution is -0.130. The molecule has 6 nitrogen and oxygen atoms in total. The molecule has 0 saturated carbocycles. The van der Waals surface area contributed by atoms with E-state index in [0.29, 0.717) is 40.8 Å². The van der Waals surface area contributed by atoms with Gasteiger partial charge < -0.3 is 15.5 Å². The number of halogens is 2. The molecule has 0 saturated heterocycles. The maximum Gasteiger partial charge on any atom is 0.256 e. The molecule has 2 heterocycles. The molecule has 1 aromatic heterocycles. The molecule has 0 aromatic carbocycles. The molecular weight excluding hydrogens is 411 g/mol. The lowest BCUT2D eigenvalue weighted by Gasteiger charge is -2.25. The van der Waals surface area contributed by atoms with Crippen LogP contribution in [0.5, 0.6) is 0 Å². The normalized spacial score (nSPS) is 18.5. The Morgan fingerprint density at radius 2 is 2.14 bits per heavy atom. The highest BCUT2D eigenvalue weighted by molar-refractivity contribution is 6.35. The number of carbonyl (C=O) groups excluding carboxylic acids is 2. The summed E-state index contributed by atoms with van der Waals surface area (Å²) in [6.45, 7) is 5.15. The lowest BCUT2D eigenvalue weighted by Crippen LogP contribution is -2.39. The maximum atomic E-state index is 13.3. The number of allylic oxidation sites excluding steroid dienone is 4. The zero-order valence-corrected chi connectivity index (χ0v) is 18.5. The van der Waals surface area contributed by atoms with Gasteiger partial charge in [-0.1, -0.05) is 36.2 Å². The van der Waals surface area contributed by atoms with Gasteiger partial charge in [-0.3, -0.25) is 14.6 Å². The molecular formula is C21H26Cl2N4O2. The van der Waals surface area contributed by atoms with Crippen molar-refractivity contribution in [3.05, 3.63) is 50.3 Å². The zero-order chi connectivity index (χ0) is 21.3. The number of aromatic nitrogens is 1. The second-order valence-corrected chi connectivity index (χ2v) is 8.37. The smallest absolute Gasteiger partial charge is 0.256 e. The summed E-state index contributed by atoms with van der Waals surface area (Å²) in [5, 5.41) is 1.16. The number of aryl methyl sites for hydroxylation is 1. The Labute approximate surface area is 181 Å². The number of nitrogens with two attached hydrogens (primary N) is 1. The second kappa shape index (κ2) is 8.86. The number of hydrogen-bond acceptors (Lipinski definition) is 4. The highest BCUT2D eigenvalue weighted by atomic mass is 35.5. The first kappa shape index (κ1) is 21.8. The predicted molar refractivity (Wildman–Crippen MR) is 115 cm³/mol. The number of amides is 2. The average molecular weight is 437 g/mol. The van der Waals surface area contributed by atoms with E-state index in [1.165, 1.54) is 0 Å². The van der Waals surface area contributed by atoms with Crippen LogP contribution in [0.1, 0.15) is 58.6 Å². The number of rotatable bonds is 6. The number of hydrogen-bond donors (Lipinski definition) is 1. The molecule has 0 bridgehead atoms. The van der Waals surface area contributed by atoms with Crippen molar-refractivity contribution in [2.45, 2.75) is 45.7 Å². The molecule has 29 heavy (non-hydrogen) atoms. The van der Waals surface area contributed by atoms with Crippen LogP contribution in [0.3, 0.4) is 0 Å². The first-order valence-corrected chi connectivity index (χ1v) is 10.5. The molecule has 1 aliphatic carbocycles. The van der Waals surface area contributed by atoms with E-state index in [2.05, 4.69) is 4.98 Å². The van der Waals surface area contributed by atoms with Gasteiger partial charge in [0.05, 0.1) is 17.8 Å². The number of nitrogens with zero attached hydrogens (tertiary/aromatic N) is 3. The number of carbonyl (C=O) groups is 2. The van der Waals surface area contributed by atoms with Crippen molar-refractivity contribution in [3.63, 3.8) is 0 Å². The van der Waals surface area contributed by atoms with Gasteiger partial charge in [0.2, 0.25) is 5.91 Å². The van der Waals surface area contributed by atoms with Crippen LogP contribution in [0.25, 0.3) is 0 Å². The summed E-state index contributed by atoms with van der Waals surface area (Å²) < 4.78 is 0. The summed E-state index contributed by atoms with van der Waals surface area (Å²) in [7, 11) is 1.75. The van der Waals surface area contributed by atoms with Crippen LogP contribution >= 0.6 is 23.2 Å². The number of fused-ring (bicyclic) bond motifs is 1. The van der Waals surface area contributed by atoms with Gasteiger partial charge in [0.1, 0.15) is 6.54 Å². The third-order valence-corrected chi connectivity index (χ3v) is 6.12. The monoisotopic (exact) mass is 436 g/mol. The molecule has 1 unspecified atom stereocenters. The molecule has 0 spiro atoms. The van der Waals surface area contributed by atoms with E-state index in [-0.39, 0.29) is 30.8 Å². The van der Waals surface area contributed by atoms with Crippen LogP contribution in [0, 0.1) is 6.92 Å². The van der Waals surface area contributed by atoms with Crippen LogP contribution in [0.4, 0.5) is 0 Å². The van der Waals surface area contributed by atoms with Crippen molar-refractivity contribution in [1.82, 2.24) is 14.8 Å². The van der Waals surface area contributed by atoms with E-state index in [0.717, 1.165) is 23.2 Å². The highest BCUT2D eigenvalue weighted by Gasteiger charge is 2.37. The fraction of sp³-hybridized carbons (Fsp3) is 0.476. The molecule has 2 aliphatic rings. The predicted octanol–water partition coefficient (Wildman–Crippen LogP) is 3.41. The zero-order valence-electron chi connectivity index (χ0n) is 17.0. The van der Waals surface area contributed by atoms with Gasteiger partial charge in [0, 0.05) is 41.8 Å². The lowest BCUT2D eigenvalue weighted by atomic mass is 9.84. The Morgan fingerprint density at radius 3 is 2.76 bits per heavy atom. The minimum Gasteiger partial charge on any atom is -0.344 e. The van der Waals surface area contributed by atoms with E-state index in [9.17, 15) is 9.59 Å². The average Bonchev–Trinajstić information content (AvgIpc) is 2.96. The van der Waals surface area contributed by atoms with Crippen molar-refractivity contribution in [3.8, 4) is 0 Å². The molecule has 8 heteroatoms. The Balaban J connectivity index is 1.99. The van der Waals surface area contributed by atoms with Crippen molar-refractivity contribution in [2.75, 3.05) is 20.1 Å². The molecule has 156 valence electrons. The highest BCUT2D eigenvalue weighted by Crippen LogP contribution is 2.42. The Kier molecular flexibility index (Phi) is 6.66. The summed E-state index contributed by atoms with van der Waals surface area (Å²) in [5.41, 5.74) is 9.67. The van der Waals surface area contributed by atoms with Gasteiger partial charge in [-0.2, -0.15) is 0 Å². The van der Waals surface area contributed by atoms with Crippen LogP contribution in [0.2, 0.25) is 0 Å². The van der Waals surface area contributed by atoms with E-state index in [4.69, 9.17) is 28.9 Å². The largest absolute Gasteiger partial charge is 0.344 e. The Bertz CT molecular complexity index is 910. The standard InChI is InChI=1S/C21H26Cl2N4O2/c1-4-7-26(3)18(28)11-27-10-17-20(21(27)29)19(15(9-24)12(2)25-17)14-6-5-13(22)8-16(14)23/h5,8,14H,4,6-7,9-11,24H2,1-3H3. The van der Waals surface area contributed by atoms with Crippen molar-refractivity contribution in [2.24, 2.45) is 5.73 Å². The molecule has 2 N–H and O–H groups in total. The van der Waals surface area contributed by atoms with Crippen LogP contribution in [-0.4, -0.2) is 46.7 Å². The van der Waals surface area contributed by atoms with E-state index in [1.54, 1.807) is 22.9 Å². The molecule has 1 aliphatic heterocycles. The topological polar surface area (TPSA) is 79.5 Å². The number of pyridine rings is 1. The SMILES string of the molecule is CCCN(C)C(=O)CN1Cc2nc(C)c(CN)c(C3CC=C(Cl)C=C3Cl)c2C1=O. The van der Waals surface area contributed by atoms with E-state index >= 15 is 0 Å². The first-order valence-electron chi connectivity index (χ1n) is 9.76. The summed E-state index contributed by atoms with van der Waals surface area (Å²) in [4.78, 5) is 33.6. The quantitative estimate of drug-likeness (QED) is 0.740. The maximum absolute atomic E-state index is 13.3. The summed E-state index contributed by atoms with van der Waals surface area (Å²) >= 11 is 12.6. The fourth-order valence-corrected chi connectivity index (χ4v) is 4.57. The van der Waals surface area contributed by atoms with E-state index < -0.39 is 0 Å². The van der Waals surface area contributed by atoms with Crippen molar-refractivity contribution < 1.29 is 9.59 Å². The fourth-order valence-electron chi connectivity index (χ4n) is 3.99. The molecule has 1 aromatic rings. The van der Waals surface area contributed by atoms with Crippen molar-refractivity contribution in [1.29, 1.82) is 0 Å². The van der Waals surface area contributed by atoms with Gasteiger partial charge in [-0.25, -0.2) is 0 Å². The van der Waals surface area contributed by atoms with E-state index in [1.807, 2.05) is 19.9 Å². The molecule has 1 atom stereocenters. The van der Waals surface area contributed by atoms with Crippen LogP contribution in [-0.2, 0) is 17.9 Å². The Morgan fingerprint density at radius 1 is 1.41 bits per heavy atom. The second-order valence-electron chi connectivity index (χ2n) is 7.50. The molecule has 0 fully saturated rings. The summed E-state index contributed by atoms with van der Waals surface area (Å²) in [6, 6.07) is 0. The van der Waals surface area contributed by atoms with Gasteiger partial charge in [0.25, 0.3) is 5.91 Å².